The fraction of sp³-hybridized carbons (Fsp3) is 0.409. The zero-order valence-corrected chi connectivity index (χ0v) is 15.7. The molecule has 2 aromatic carbocycles. The number of hydrogen-bond acceptors (Lipinski definition) is 4. The molecule has 0 radical (unpaired) electrons. The zero-order valence-electron chi connectivity index (χ0n) is 15.7. The molecular formula is C22H26N2O3. The largest absolute Gasteiger partial charge is 0.486 e. The topological polar surface area (TPSA) is 50.8 Å². The van der Waals surface area contributed by atoms with Crippen LogP contribution in [0.2, 0.25) is 0 Å². The van der Waals surface area contributed by atoms with E-state index in [1.54, 1.807) is 0 Å². The standard InChI is InChI=1S/C22H26N2O3/c1-16(19-8-9-20-21(14-19)27-13-12-26-20)23-22(25)18-6-4-17(5-7-18)15-24-10-2-3-11-24/h4-9,14,16H,2-3,10-13,15H2,1H3,(H,23,25)/t16-/m0/s1. The van der Waals surface area contributed by atoms with Gasteiger partial charge in [0.25, 0.3) is 5.91 Å². The van der Waals surface area contributed by atoms with Crippen molar-refractivity contribution in [2.75, 3.05) is 26.3 Å². The van der Waals surface area contributed by atoms with Gasteiger partial charge >= 0.3 is 0 Å². The molecule has 0 unspecified atom stereocenters. The molecule has 1 saturated heterocycles. The second-order valence-electron chi connectivity index (χ2n) is 7.28. The number of rotatable bonds is 5. The minimum atomic E-state index is -0.113. The van der Waals surface area contributed by atoms with Crippen molar-refractivity contribution in [2.45, 2.75) is 32.4 Å². The number of fused-ring (bicyclic) bond motifs is 1. The Hall–Kier alpha value is -2.53. The van der Waals surface area contributed by atoms with Gasteiger partial charge < -0.3 is 14.8 Å². The summed E-state index contributed by atoms with van der Waals surface area (Å²) in [6, 6.07) is 13.6. The number of hydrogen-bond donors (Lipinski definition) is 1. The highest BCUT2D eigenvalue weighted by molar-refractivity contribution is 5.94. The number of benzene rings is 2. The minimum absolute atomic E-state index is 0.0647. The summed E-state index contributed by atoms with van der Waals surface area (Å²) in [5, 5.41) is 3.07. The van der Waals surface area contributed by atoms with Gasteiger partial charge in [-0.2, -0.15) is 0 Å². The molecule has 1 atom stereocenters. The molecular weight excluding hydrogens is 340 g/mol. The fourth-order valence-corrected chi connectivity index (χ4v) is 3.65. The second kappa shape index (κ2) is 8.01. The molecule has 2 heterocycles. The van der Waals surface area contributed by atoms with Crippen molar-refractivity contribution in [3.05, 3.63) is 59.2 Å². The molecule has 0 aliphatic carbocycles. The lowest BCUT2D eigenvalue weighted by atomic mass is 10.1. The lowest BCUT2D eigenvalue weighted by Crippen LogP contribution is -2.27. The highest BCUT2D eigenvalue weighted by Crippen LogP contribution is 2.32. The van der Waals surface area contributed by atoms with Crippen LogP contribution >= 0.6 is 0 Å². The van der Waals surface area contributed by atoms with Crippen molar-refractivity contribution < 1.29 is 14.3 Å². The van der Waals surface area contributed by atoms with Gasteiger partial charge in [0, 0.05) is 12.1 Å². The molecule has 0 saturated carbocycles. The number of amides is 1. The van der Waals surface area contributed by atoms with Crippen LogP contribution in [0.25, 0.3) is 0 Å². The summed E-state index contributed by atoms with van der Waals surface area (Å²) in [7, 11) is 0. The summed E-state index contributed by atoms with van der Waals surface area (Å²) in [6.45, 7) is 6.43. The van der Waals surface area contributed by atoms with E-state index in [2.05, 4.69) is 22.3 Å². The van der Waals surface area contributed by atoms with Crippen LogP contribution in [0.1, 0.15) is 47.3 Å². The van der Waals surface area contributed by atoms with Gasteiger partial charge in [0.1, 0.15) is 13.2 Å². The molecule has 0 bridgehead atoms. The zero-order chi connectivity index (χ0) is 18.6. The van der Waals surface area contributed by atoms with Crippen molar-refractivity contribution in [2.24, 2.45) is 0 Å². The van der Waals surface area contributed by atoms with Crippen LogP contribution in [0.4, 0.5) is 0 Å². The predicted molar refractivity (Wildman–Crippen MR) is 104 cm³/mol. The van der Waals surface area contributed by atoms with Crippen LogP contribution in [0.5, 0.6) is 11.5 Å². The van der Waals surface area contributed by atoms with Gasteiger partial charge in [-0.05, 0) is 68.2 Å². The summed E-state index contributed by atoms with van der Waals surface area (Å²) in [5.41, 5.74) is 2.94. The Bertz CT molecular complexity index is 798. The molecule has 2 aromatic rings. The van der Waals surface area contributed by atoms with E-state index in [9.17, 15) is 4.79 Å². The quantitative estimate of drug-likeness (QED) is 0.879. The molecule has 27 heavy (non-hydrogen) atoms. The average Bonchev–Trinajstić information content (AvgIpc) is 3.21. The van der Waals surface area contributed by atoms with Crippen LogP contribution in [-0.4, -0.2) is 37.1 Å². The van der Waals surface area contributed by atoms with Crippen molar-refractivity contribution in [3.8, 4) is 11.5 Å². The first-order valence-corrected chi connectivity index (χ1v) is 9.71. The van der Waals surface area contributed by atoms with Crippen LogP contribution in [0.3, 0.4) is 0 Å². The molecule has 142 valence electrons. The number of nitrogens with zero attached hydrogens (tertiary/aromatic N) is 1. The van der Waals surface area contributed by atoms with Gasteiger partial charge in [0.05, 0.1) is 6.04 Å². The van der Waals surface area contributed by atoms with Gasteiger partial charge in [-0.1, -0.05) is 18.2 Å². The Labute approximate surface area is 160 Å². The Morgan fingerprint density at radius 1 is 1.04 bits per heavy atom. The summed E-state index contributed by atoms with van der Waals surface area (Å²) in [6.07, 6.45) is 2.58. The van der Waals surface area contributed by atoms with E-state index in [1.807, 2.05) is 37.3 Å². The Kier molecular flexibility index (Phi) is 5.30. The van der Waals surface area contributed by atoms with Gasteiger partial charge in [-0.25, -0.2) is 0 Å². The molecule has 5 nitrogen and oxygen atoms in total. The first-order valence-electron chi connectivity index (χ1n) is 9.71. The van der Waals surface area contributed by atoms with Crippen LogP contribution < -0.4 is 14.8 Å². The van der Waals surface area contributed by atoms with E-state index in [-0.39, 0.29) is 11.9 Å². The lowest BCUT2D eigenvalue weighted by molar-refractivity contribution is 0.0939. The number of carbonyl (C=O) groups excluding carboxylic acids is 1. The van der Waals surface area contributed by atoms with Crippen molar-refractivity contribution in [3.63, 3.8) is 0 Å². The number of carbonyl (C=O) groups is 1. The van der Waals surface area contributed by atoms with E-state index in [0.717, 1.165) is 23.6 Å². The molecule has 2 aliphatic heterocycles. The third kappa shape index (κ3) is 4.25. The number of likely N-dealkylation sites (tertiary alicyclic amines) is 1. The highest BCUT2D eigenvalue weighted by atomic mass is 16.6. The van der Waals surface area contributed by atoms with Gasteiger partial charge in [-0.3, -0.25) is 9.69 Å². The second-order valence-corrected chi connectivity index (χ2v) is 7.28. The first kappa shape index (κ1) is 17.9. The predicted octanol–water partition coefficient (Wildman–Crippen LogP) is 3.54. The molecule has 5 heteroatoms. The normalized spacial score (nSPS) is 17.5. The first-order chi connectivity index (χ1) is 13.2. The van der Waals surface area contributed by atoms with Gasteiger partial charge in [0.2, 0.25) is 0 Å². The monoisotopic (exact) mass is 366 g/mol. The van der Waals surface area contributed by atoms with E-state index in [1.165, 1.54) is 31.5 Å². The maximum atomic E-state index is 12.6. The van der Waals surface area contributed by atoms with Gasteiger partial charge in [-0.15, -0.1) is 0 Å². The summed E-state index contributed by atoms with van der Waals surface area (Å²) in [5.74, 6) is 1.44. The van der Waals surface area contributed by atoms with Crippen molar-refractivity contribution in [1.29, 1.82) is 0 Å². The third-order valence-electron chi connectivity index (χ3n) is 5.23. The molecule has 1 fully saturated rings. The maximum Gasteiger partial charge on any atom is 0.251 e. The van der Waals surface area contributed by atoms with Crippen LogP contribution in [0.15, 0.2) is 42.5 Å². The summed E-state index contributed by atoms with van der Waals surface area (Å²) in [4.78, 5) is 15.1. The summed E-state index contributed by atoms with van der Waals surface area (Å²) >= 11 is 0. The van der Waals surface area contributed by atoms with Gasteiger partial charge in [0.15, 0.2) is 11.5 Å². The molecule has 4 rings (SSSR count). The summed E-state index contributed by atoms with van der Waals surface area (Å²) < 4.78 is 11.2. The van der Waals surface area contributed by atoms with Crippen molar-refractivity contribution in [1.82, 2.24) is 10.2 Å². The highest BCUT2D eigenvalue weighted by Gasteiger charge is 2.17. The Morgan fingerprint density at radius 2 is 1.74 bits per heavy atom. The molecule has 1 N–H and O–H groups in total. The Balaban J connectivity index is 1.37. The SMILES string of the molecule is C[C@H](NC(=O)c1ccc(CN2CCCC2)cc1)c1ccc2c(c1)OCCO2. The van der Waals surface area contributed by atoms with Crippen molar-refractivity contribution >= 4 is 5.91 Å². The van der Waals surface area contributed by atoms with E-state index >= 15 is 0 Å². The van der Waals surface area contributed by atoms with Crippen LogP contribution in [-0.2, 0) is 6.54 Å². The maximum absolute atomic E-state index is 12.6. The molecule has 2 aliphatic rings. The van der Waals surface area contributed by atoms with E-state index in [0.29, 0.717) is 18.8 Å². The smallest absolute Gasteiger partial charge is 0.251 e. The number of nitrogens with one attached hydrogen (secondary N) is 1. The molecule has 0 aromatic heterocycles. The van der Waals surface area contributed by atoms with E-state index in [4.69, 9.17) is 9.47 Å². The molecule has 0 spiro atoms. The third-order valence-corrected chi connectivity index (χ3v) is 5.23. The minimum Gasteiger partial charge on any atom is -0.486 e. The molecule has 1 amide bonds. The average molecular weight is 366 g/mol. The van der Waals surface area contributed by atoms with Crippen LogP contribution in [0, 0.1) is 0 Å². The number of ether oxygens (including phenoxy) is 2. The Morgan fingerprint density at radius 3 is 2.48 bits per heavy atom. The fourth-order valence-electron chi connectivity index (χ4n) is 3.65. The lowest BCUT2D eigenvalue weighted by Gasteiger charge is -2.21. The van der Waals surface area contributed by atoms with E-state index < -0.39 is 0 Å².